The van der Waals surface area contributed by atoms with Gasteiger partial charge in [0.25, 0.3) is 11.8 Å². The molecule has 0 saturated carbocycles. The minimum atomic E-state index is -0.582. The van der Waals surface area contributed by atoms with E-state index in [0.29, 0.717) is 17.0 Å². The monoisotopic (exact) mass is 406 g/mol. The van der Waals surface area contributed by atoms with Crippen molar-refractivity contribution in [3.8, 4) is 0 Å². The Morgan fingerprint density at radius 2 is 1.70 bits per heavy atom. The molecule has 1 aromatic heterocycles. The van der Waals surface area contributed by atoms with E-state index in [-0.39, 0.29) is 18.0 Å². The summed E-state index contributed by atoms with van der Waals surface area (Å²) >= 11 is 0. The summed E-state index contributed by atoms with van der Waals surface area (Å²) in [6.45, 7) is 3.52. The number of hydrogen-bond acceptors (Lipinski definition) is 5. The van der Waals surface area contributed by atoms with Gasteiger partial charge in [0.2, 0.25) is 0 Å². The average molecular weight is 406 g/mol. The first-order valence-corrected chi connectivity index (χ1v) is 9.37. The van der Waals surface area contributed by atoms with Crippen LogP contribution in [0.2, 0.25) is 0 Å². The van der Waals surface area contributed by atoms with Crippen molar-refractivity contribution in [2.75, 3.05) is 11.9 Å². The number of amides is 2. The third kappa shape index (κ3) is 5.57. The van der Waals surface area contributed by atoms with Gasteiger partial charge < -0.3 is 19.8 Å². The molecule has 0 spiro atoms. The predicted molar refractivity (Wildman–Crippen MR) is 111 cm³/mol. The number of esters is 1. The molecule has 154 valence electrons. The highest BCUT2D eigenvalue weighted by molar-refractivity contribution is 6.04. The van der Waals surface area contributed by atoms with E-state index < -0.39 is 18.5 Å². The lowest BCUT2D eigenvalue weighted by molar-refractivity contribution is -0.119. The van der Waals surface area contributed by atoms with Gasteiger partial charge in [0.15, 0.2) is 6.61 Å². The maximum absolute atomic E-state index is 12.5. The Kier molecular flexibility index (Phi) is 6.64. The topological polar surface area (TPSA) is 97.6 Å². The summed E-state index contributed by atoms with van der Waals surface area (Å²) in [7, 11) is 0. The lowest BCUT2D eigenvalue weighted by Gasteiger charge is -2.11. The van der Waals surface area contributed by atoms with Crippen molar-refractivity contribution < 1.29 is 23.5 Å². The Bertz CT molecular complexity index is 1040. The molecule has 0 aliphatic heterocycles. The van der Waals surface area contributed by atoms with Gasteiger partial charge in [-0.2, -0.15) is 0 Å². The van der Waals surface area contributed by atoms with E-state index >= 15 is 0 Å². The number of carbonyl (C=O) groups is 3. The van der Waals surface area contributed by atoms with Crippen molar-refractivity contribution in [3.05, 3.63) is 88.9 Å². The van der Waals surface area contributed by atoms with E-state index in [2.05, 4.69) is 10.6 Å². The van der Waals surface area contributed by atoms with Gasteiger partial charge in [0, 0.05) is 0 Å². The molecule has 0 unspecified atom stereocenters. The molecule has 2 aromatic carbocycles. The molecule has 2 amide bonds. The Morgan fingerprint density at radius 1 is 0.967 bits per heavy atom. The van der Waals surface area contributed by atoms with Crippen molar-refractivity contribution in [2.24, 2.45) is 0 Å². The van der Waals surface area contributed by atoms with Gasteiger partial charge in [-0.3, -0.25) is 9.59 Å². The van der Waals surface area contributed by atoms with Crippen molar-refractivity contribution in [2.45, 2.75) is 20.4 Å². The van der Waals surface area contributed by atoms with Crippen LogP contribution in [0.25, 0.3) is 0 Å². The van der Waals surface area contributed by atoms with Gasteiger partial charge >= 0.3 is 5.97 Å². The molecule has 7 heteroatoms. The second-order valence-electron chi connectivity index (χ2n) is 6.81. The fourth-order valence-corrected chi connectivity index (χ4v) is 2.96. The van der Waals surface area contributed by atoms with Gasteiger partial charge in [-0.15, -0.1) is 0 Å². The standard InChI is InChI=1S/C23H22N2O5/c1-15-10-16(2)12-17(11-15)23(28)30-14-21(26)25-20-8-4-3-7-19(20)22(27)24-13-18-6-5-9-29-18/h3-12H,13-14H2,1-2H3,(H,24,27)(H,25,26). The molecule has 0 bridgehead atoms. The summed E-state index contributed by atoms with van der Waals surface area (Å²) in [5.41, 5.74) is 2.86. The number of para-hydroxylation sites is 1. The van der Waals surface area contributed by atoms with E-state index in [4.69, 9.17) is 9.15 Å². The molecule has 0 aliphatic rings. The maximum atomic E-state index is 12.5. The summed E-state index contributed by atoms with van der Waals surface area (Å²) < 4.78 is 10.3. The predicted octanol–water partition coefficient (Wildman–Crippen LogP) is 3.62. The molecule has 0 saturated heterocycles. The van der Waals surface area contributed by atoms with Crippen LogP contribution in [0.1, 0.15) is 37.6 Å². The Labute approximate surface area is 174 Å². The lowest BCUT2D eigenvalue weighted by Crippen LogP contribution is -2.26. The van der Waals surface area contributed by atoms with E-state index in [1.165, 1.54) is 6.26 Å². The molecular weight excluding hydrogens is 384 g/mol. The lowest BCUT2D eigenvalue weighted by atomic mass is 10.1. The number of hydrogen-bond donors (Lipinski definition) is 2. The first-order valence-electron chi connectivity index (χ1n) is 9.37. The van der Waals surface area contributed by atoms with Crippen LogP contribution < -0.4 is 10.6 Å². The Balaban J connectivity index is 1.58. The summed E-state index contributed by atoms with van der Waals surface area (Å²) in [5.74, 6) is -0.877. The summed E-state index contributed by atoms with van der Waals surface area (Å²) in [6, 6.07) is 15.4. The molecule has 2 N–H and O–H groups in total. The van der Waals surface area contributed by atoms with Crippen LogP contribution in [0.15, 0.2) is 65.3 Å². The second-order valence-corrected chi connectivity index (χ2v) is 6.81. The molecular formula is C23H22N2O5. The van der Waals surface area contributed by atoms with Gasteiger partial charge in [-0.25, -0.2) is 4.79 Å². The molecule has 30 heavy (non-hydrogen) atoms. The quantitative estimate of drug-likeness (QED) is 0.584. The molecule has 3 rings (SSSR count). The molecule has 0 aliphatic carbocycles. The van der Waals surface area contributed by atoms with Crippen LogP contribution in [-0.2, 0) is 16.1 Å². The Morgan fingerprint density at radius 3 is 2.40 bits per heavy atom. The number of ether oxygens (including phenoxy) is 1. The minimum Gasteiger partial charge on any atom is -0.467 e. The highest BCUT2D eigenvalue weighted by Crippen LogP contribution is 2.16. The van der Waals surface area contributed by atoms with Gasteiger partial charge in [-0.05, 0) is 50.2 Å². The number of anilines is 1. The van der Waals surface area contributed by atoms with Crippen molar-refractivity contribution in [3.63, 3.8) is 0 Å². The number of nitrogens with one attached hydrogen (secondary N) is 2. The van der Waals surface area contributed by atoms with Gasteiger partial charge in [0.1, 0.15) is 5.76 Å². The number of carbonyl (C=O) groups excluding carboxylic acids is 3. The zero-order valence-corrected chi connectivity index (χ0v) is 16.7. The number of rotatable bonds is 7. The first-order chi connectivity index (χ1) is 14.4. The van der Waals surface area contributed by atoms with Crippen LogP contribution in [0.5, 0.6) is 0 Å². The summed E-state index contributed by atoms with van der Waals surface area (Å²) in [4.78, 5) is 36.9. The Hall–Kier alpha value is -3.87. The first kappa shape index (κ1) is 20.9. The van der Waals surface area contributed by atoms with Crippen LogP contribution >= 0.6 is 0 Å². The number of furan rings is 1. The number of benzene rings is 2. The molecule has 7 nitrogen and oxygen atoms in total. The molecule has 0 atom stereocenters. The highest BCUT2D eigenvalue weighted by atomic mass is 16.5. The molecule has 3 aromatic rings. The van der Waals surface area contributed by atoms with E-state index in [1.807, 2.05) is 19.9 Å². The van der Waals surface area contributed by atoms with Crippen molar-refractivity contribution in [1.29, 1.82) is 0 Å². The number of aryl methyl sites for hydroxylation is 2. The molecule has 1 heterocycles. The smallest absolute Gasteiger partial charge is 0.338 e. The van der Waals surface area contributed by atoms with Crippen LogP contribution in [0, 0.1) is 13.8 Å². The third-order valence-electron chi connectivity index (χ3n) is 4.24. The van der Waals surface area contributed by atoms with Crippen LogP contribution in [0.4, 0.5) is 5.69 Å². The van der Waals surface area contributed by atoms with E-state index in [1.54, 1.807) is 48.5 Å². The van der Waals surface area contributed by atoms with Crippen LogP contribution in [-0.4, -0.2) is 24.4 Å². The average Bonchev–Trinajstić information content (AvgIpc) is 3.23. The minimum absolute atomic E-state index is 0.224. The zero-order chi connectivity index (χ0) is 21.5. The molecule has 0 radical (unpaired) electrons. The van der Waals surface area contributed by atoms with Crippen LogP contribution in [0.3, 0.4) is 0 Å². The van der Waals surface area contributed by atoms with Gasteiger partial charge in [-0.1, -0.05) is 29.3 Å². The van der Waals surface area contributed by atoms with E-state index in [9.17, 15) is 14.4 Å². The summed E-state index contributed by atoms with van der Waals surface area (Å²) in [5, 5.41) is 5.34. The zero-order valence-electron chi connectivity index (χ0n) is 16.7. The fourth-order valence-electron chi connectivity index (χ4n) is 2.96. The normalized spacial score (nSPS) is 10.3. The maximum Gasteiger partial charge on any atom is 0.338 e. The largest absolute Gasteiger partial charge is 0.467 e. The SMILES string of the molecule is Cc1cc(C)cc(C(=O)OCC(=O)Nc2ccccc2C(=O)NCc2ccco2)c1. The molecule has 0 fully saturated rings. The van der Waals surface area contributed by atoms with Crippen molar-refractivity contribution >= 4 is 23.5 Å². The second kappa shape index (κ2) is 9.56. The summed E-state index contributed by atoms with van der Waals surface area (Å²) in [6.07, 6.45) is 1.52. The fraction of sp³-hybridized carbons (Fsp3) is 0.174. The van der Waals surface area contributed by atoms with E-state index in [0.717, 1.165) is 11.1 Å². The third-order valence-corrected chi connectivity index (χ3v) is 4.24. The van der Waals surface area contributed by atoms with Crippen molar-refractivity contribution in [1.82, 2.24) is 5.32 Å². The van der Waals surface area contributed by atoms with Gasteiger partial charge in [0.05, 0.1) is 29.6 Å². The highest BCUT2D eigenvalue weighted by Gasteiger charge is 2.15.